The minimum Gasteiger partial charge on any atom is -0.408 e. The Morgan fingerprint density at radius 2 is 1.66 bits per heavy atom. The zero-order chi connectivity index (χ0) is 20.4. The Bertz CT molecular complexity index is 1220. The molecule has 1 unspecified atom stereocenters. The van der Waals surface area contributed by atoms with Crippen LogP contribution in [0.4, 0.5) is 11.4 Å². The first kappa shape index (κ1) is 18.7. The molecule has 0 bridgehead atoms. The van der Waals surface area contributed by atoms with E-state index in [1.165, 1.54) is 15.9 Å². The maximum Gasteiger partial charge on any atom is 0.420 e. The Morgan fingerprint density at radius 3 is 2.34 bits per heavy atom. The van der Waals surface area contributed by atoms with Crippen molar-refractivity contribution in [2.45, 2.75) is 13.0 Å². The molecular formula is C21H17N3O4S. The van der Waals surface area contributed by atoms with E-state index in [1.54, 1.807) is 61.5 Å². The van der Waals surface area contributed by atoms with E-state index in [9.17, 15) is 14.4 Å². The second-order valence-corrected chi connectivity index (χ2v) is 7.33. The number of hydrogen-bond donors (Lipinski definition) is 2. The van der Waals surface area contributed by atoms with Crippen LogP contribution >= 0.6 is 11.3 Å². The van der Waals surface area contributed by atoms with Crippen molar-refractivity contribution in [3.63, 3.8) is 0 Å². The molecule has 0 aliphatic heterocycles. The first-order chi connectivity index (χ1) is 14.0. The number of carbonyl (C=O) groups is 2. The second-order valence-electron chi connectivity index (χ2n) is 6.38. The van der Waals surface area contributed by atoms with Gasteiger partial charge in [0, 0.05) is 11.4 Å². The Kier molecular flexibility index (Phi) is 5.01. The van der Waals surface area contributed by atoms with Gasteiger partial charge in [-0.05, 0) is 54.8 Å². The highest BCUT2D eigenvalue weighted by Crippen LogP contribution is 2.20. The normalized spacial score (nSPS) is 11.9. The lowest BCUT2D eigenvalue weighted by Gasteiger charge is -2.13. The van der Waals surface area contributed by atoms with Gasteiger partial charge >= 0.3 is 5.76 Å². The molecule has 146 valence electrons. The number of thiophene rings is 1. The van der Waals surface area contributed by atoms with Crippen molar-refractivity contribution in [1.82, 2.24) is 4.57 Å². The summed E-state index contributed by atoms with van der Waals surface area (Å²) in [5.41, 5.74) is 2.16. The maximum atomic E-state index is 12.6. The number of hydrogen-bond acceptors (Lipinski definition) is 5. The lowest BCUT2D eigenvalue weighted by Crippen LogP contribution is -2.29. The quantitative estimate of drug-likeness (QED) is 0.521. The first-order valence-electron chi connectivity index (χ1n) is 8.89. The van der Waals surface area contributed by atoms with E-state index in [0.29, 0.717) is 27.4 Å². The number of aromatic nitrogens is 1. The van der Waals surface area contributed by atoms with Crippen LogP contribution in [0, 0.1) is 0 Å². The van der Waals surface area contributed by atoms with Gasteiger partial charge in [0.2, 0.25) is 5.91 Å². The van der Waals surface area contributed by atoms with Gasteiger partial charge in [-0.25, -0.2) is 4.79 Å². The van der Waals surface area contributed by atoms with Gasteiger partial charge in [-0.2, -0.15) is 0 Å². The van der Waals surface area contributed by atoms with E-state index in [2.05, 4.69) is 10.6 Å². The summed E-state index contributed by atoms with van der Waals surface area (Å²) in [6.07, 6.45) is 0. The van der Waals surface area contributed by atoms with E-state index in [4.69, 9.17) is 4.42 Å². The molecule has 0 saturated carbocycles. The Hall–Kier alpha value is -3.65. The van der Waals surface area contributed by atoms with Gasteiger partial charge in [0.1, 0.15) is 6.04 Å². The number of para-hydroxylation sites is 2. The number of anilines is 2. The summed E-state index contributed by atoms with van der Waals surface area (Å²) < 4.78 is 6.51. The Morgan fingerprint density at radius 1 is 0.966 bits per heavy atom. The van der Waals surface area contributed by atoms with Crippen molar-refractivity contribution in [2.24, 2.45) is 0 Å². The molecular weight excluding hydrogens is 390 g/mol. The summed E-state index contributed by atoms with van der Waals surface area (Å²) in [5, 5.41) is 7.41. The van der Waals surface area contributed by atoms with Crippen molar-refractivity contribution in [2.75, 3.05) is 10.6 Å². The molecule has 0 radical (unpaired) electrons. The fourth-order valence-electron chi connectivity index (χ4n) is 2.95. The third-order valence-electron chi connectivity index (χ3n) is 4.44. The molecule has 0 aliphatic rings. The molecule has 7 nitrogen and oxygen atoms in total. The molecule has 2 N–H and O–H groups in total. The molecule has 2 heterocycles. The highest BCUT2D eigenvalue weighted by Gasteiger charge is 2.21. The molecule has 2 aromatic heterocycles. The van der Waals surface area contributed by atoms with E-state index in [1.807, 2.05) is 11.4 Å². The van der Waals surface area contributed by atoms with Gasteiger partial charge in [-0.1, -0.05) is 18.2 Å². The van der Waals surface area contributed by atoms with Crippen molar-refractivity contribution in [3.05, 3.63) is 81.5 Å². The van der Waals surface area contributed by atoms with E-state index >= 15 is 0 Å². The maximum absolute atomic E-state index is 12.6. The average molecular weight is 407 g/mol. The zero-order valence-corrected chi connectivity index (χ0v) is 16.2. The molecule has 0 spiro atoms. The SMILES string of the molecule is CC(C(=O)Nc1ccc(NC(=O)c2cccs2)cc1)n1c(=O)oc2ccccc21. The summed E-state index contributed by atoms with van der Waals surface area (Å²) >= 11 is 1.36. The molecule has 8 heteroatoms. The monoisotopic (exact) mass is 407 g/mol. The first-order valence-corrected chi connectivity index (χ1v) is 9.77. The van der Waals surface area contributed by atoms with Crippen LogP contribution in [0.5, 0.6) is 0 Å². The molecule has 2 aromatic carbocycles. The molecule has 0 aliphatic carbocycles. The van der Waals surface area contributed by atoms with Gasteiger partial charge < -0.3 is 15.1 Å². The van der Waals surface area contributed by atoms with E-state index < -0.39 is 11.8 Å². The van der Waals surface area contributed by atoms with Crippen LogP contribution < -0.4 is 16.4 Å². The van der Waals surface area contributed by atoms with Gasteiger partial charge in [0.15, 0.2) is 5.58 Å². The summed E-state index contributed by atoms with van der Waals surface area (Å²) in [7, 11) is 0. The summed E-state index contributed by atoms with van der Waals surface area (Å²) in [5.74, 6) is -1.12. The molecule has 2 amide bonds. The zero-order valence-electron chi connectivity index (χ0n) is 15.4. The van der Waals surface area contributed by atoms with E-state index in [0.717, 1.165) is 0 Å². The van der Waals surface area contributed by atoms with Crippen LogP contribution in [0.2, 0.25) is 0 Å². The number of rotatable bonds is 5. The highest BCUT2D eigenvalue weighted by atomic mass is 32.1. The predicted octanol–water partition coefficient (Wildman–Crippen LogP) is 4.11. The lowest BCUT2D eigenvalue weighted by molar-refractivity contribution is -0.118. The van der Waals surface area contributed by atoms with Crippen LogP contribution in [0.3, 0.4) is 0 Å². The molecule has 0 saturated heterocycles. The Labute approximate surface area is 169 Å². The van der Waals surface area contributed by atoms with Gasteiger partial charge in [0.25, 0.3) is 5.91 Å². The largest absolute Gasteiger partial charge is 0.420 e. The lowest BCUT2D eigenvalue weighted by atomic mass is 10.2. The van der Waals surface area contributed by atoms with E-state index in [-0.39, 0.29) is 11.8 Å². The van der Waals surface area contributed by atoms with Crippen LogP contribution in [-0.4, -0.2) is 16.4 Å². The summed E-state index contributed by atoms with van der Waals surface area (Å²) in [4.78, 5) is 37.5. The molecule has 1 atom stereocenters. The minimum absolute atomic E-state index is 0.184. The molecule has 29 heavy (non-hydrogen) atoms. The molecule has 0 fully saturated rings. The number of carbonyl (C=O) groups excluding carboxylic acids is 2. The number of fused-ring (bicyclic) bond motifs is 1. The van der Waals surface area contributed by atoms with Crippen LogP contribution in [0.15, 0.2) is 75.3 Å². The second kappa shape index (κ2) is 7.76. The van der Waals surface area contributed by atoms with Crippen molar-refractivity contribution < 1.29 is 14.0 Å². The fraction of sp³-hybridized carbons (Fsp3) is 0.0952. The van der Waals surface area contributed by atoms with Gasteiger partial charge in [0.05, 0.1) is 10.4 Å². The number of oxazole rings is 1. The fourth-order valence-corrected chi connectivity index (χ4v) is 3.57. The third-order valence-corrected chi connectivity index (χ3v) is 5.31. The number of amides is 2. The number of nitrogens with one attached hydrogen (secondary N) is 2. The topological polar surface area (TPSA) is 93.3 Å². The van der Waals surface area contributed by atoms with Crippen LogP contribution in [0.25, 0.3) is 11.1 Å². The molecule has 4 rings (SSSR count). The van der Waals surface area contributed by atoms with Gasteiger partial charge in [-0.3, -0.25) is 14.2 Å². The van der Waals surface area contributed by atoms with Crippen molar-refractivity contribution in [3.8, 4) is 0 Å². The number of nitrogens with zero attached hydrogens (tertiary/aromatic N) is 1. The smallest absolute Gasteiger partial charge is 0.408 e. The van der Waals surface area contributed by atoms with Crippen molar-refractivity contribution in [1.29, 1.82) is 0 Å². The minimum atomic E-state index is -0.760. The third kappa shape index (κ3) is 3.83. The standard InChI is InChI=1S/C21H17N3O4S/c1-13(24-16-5-2-3-6-17(16)28-21(24)27)19(25)22-14-8-10-15(11-9-14)23-20(26)18-7-4-12-29-18/h2-13H,1H3,(H,22,25)(H,23,26). The van der Waals surface area contributed by atoms with Crippen LogP contribution in [0.1, 0.15) is 22.6 Å². The average Bonchev–Trinajstić information content (AvgIpc) is 3.36. The molecule has 4 aromatic rings. The van der Waals surface area contributed by atoms with Crippen LogP contribution in [-0.2, 0) is 4.79 Å². The summed E-state index contributed by atoms with van der Waals surface area (Å²) in [6.45, 7) is 1.63. The summed E-state index contributed by atoms with van der Waals surface area (Å²) in [6, 6.07) is 16.5. The number of benzene rings is 2. The highest BCUT2D eigenvalue weighted by molar-refractivity contribution is 7.12. The Balaban J connectivity index is 1.46. The predicted molar refractivity (Wildman–Crippen MR) is 113 cm³/mol. The van der Waals surface area contributed by atoms with Crippen molar-refractivity contribution >= 4 is 45.6 Å². The van der Waals surface area contributed by atoms with Gasteiger partial charge in [-0.15, -0.1) is 11.3 Å².